The number of halogens is 1. The Bertz CT molecular complexity index is 912. The van der Waals surface area contributed by atoms with Crippen molar-refractivity contribution in [2.75, 3.05) is 5.43 Å². The Morgan fingerprint density at radius 2 is 1.68 bits per heavy atom. The molecule has 0 aliphatic carbocycles. The molecule has 3 aromatic rings. The Morgan fingerprint density at radius 1 is 1.04 bits per heavy atom. The van der Waals surface area contributed by atoms with Crippen LogP contribution < -0.4 is 28.1 Å². The summed E-state index contributed by atoms with van der Waals surface area (Å²) in [4.78, 5) is 11.4. The van der Waals surface area contributed by atoms with Crippen LogP contribution in [0.2, 0.25) is 0 Å². The molecule has 0 saturated heterocycles. The van der Waals surface area contributed by atoms with Gasteiger partial charge in [0.2, 0.25) is 12.4 Å². The van der Waals surface area contributed by atoms with E-state index in [2.05, 4.69) is 5.43 Å². The van der Waals surface area contributed by atoms with Crippen LogP contribution >= 0.6 is 11.5 Å². The Kier molecular flexibility index (Phi) is 7.37. The zero-order chi connectivity index (χ0) is 20.7. The molecule has 0 fully saturated rings. The quantitative estimate of drug-likeness (QED) is 0.205. The molecule has 2 N–H and O–H groups in total. The zero-order valence-electron chi connectivity index (χ0n) is 14.0. The molecule has 28 heavy (non-hydrogen) atoms. The molecule has 0 aliphatic heterocycles. The predicted molar refractivity (Wildman–Crippen MR) is 87.4 cm³/mol. The summed E-state index contributed by atoms with van der Waals surface area (Å²) in [7, 11) is -4.94. The summed E-state index contributed by atoms with van der Waals surface area (Å²) in [5, 5.41) is 21.0. The molecule has 1 atom stereocenters. The molecule has 0 saturated carbocycles. The van der Waals surface area contributed by atoms with E-state index >= 15 is 0 Å². The maximum atomic E-state index is 10.8. The standard InChI is InChI=1S/C16H14N3O3S.ClHO4/c20-16(13-7-4-8-14(11-13)19(21)22)17-18-10-9-15(23-18)12-5-2-1-3-6-12;2-1(3,4)5/h1-11,16-17,20H;(H,2,3,4,5)/q+1;/p-1. The number of rotatable bonds is 5. The topological polar surface area (TPSA) is 172 Å². The van der Waals surface area contributed by atoms with Gasteiger partial charge in [-0.1, -0.05) is 42.5 Å². The second kappa shape index (κ2) is 9.52. The van der Waals surface area contributed by atoms with E-state index in [9.17, 15) is 15.2 Å². The lowest BCUT2D eigenvalue weighted by atomic mass is 10.2. The summed E-state index contributed by atoms with van der Waals surface area (Å²) >= 11 is 1.43. The lowest BCUT2D eigenvalue weighted by molar-refractivity contribution is -2.00. The Morgan fingerprint density at radius 3 is 2.29 bits per heavy atom. The van der Waals surface area contributed by atoms with Crippen LogP contribution in [0.1, 0.15) is 11.8 Å². The fourth-order valence-electron chi connectivity index (χ4n) is 2.13. The maximum Gasteiger partial charge on any atom is 0.269 e. The van der Waals surface area contributed by atoms with Crippen molar-refractivity contribution in [3.05, 3.63) is 82.5 Å². The van der Waals surface area contributed by atoms with E-state index in [4.69, 9.17) is 18.6 Å². The van der Waals surface area contributed by atoms with E-state index in [-0.39, 0.29) is 5.69 Å². The number of nitrogens with one attached hydrogen (secondary N) is 1. The highest BCUT2D eigenvalue weighted by molar-refractivity contribution is 7.05. The van der Waals surface area contributed by atoms with Crippen LogP contribution in [-0.2, 0) is 0 Å². The van der Waals surface area contributed by atoms with E-state index in [1.165, 1.54) is 23.7 Å². The molecule has 0 amide bonds. The molecule has 1 heterocycles. The second-order valence-electron chi connectivity index (χ2n) is 5.22. The van der Waals surface area contributed by atoms with Crippen molar-refractivity contribution in [2.45, 2.75) is 6.23 Å². The molecular formula is C16H14ClN3O7S. The molecular weight excluding hydrogens is 414 g/mol. The third-order valence-electron chi connectivity index (χ3n) is 3.26. The Balaban J connectivity index is 0.000000500. The minimum Gasteiger partial charge on any atom is -0.365 e. The lowest BCUT2D eigenvalue weighted by Gasteiger charge is -2.17. The molecule has 1 unspecified atom stereocenters. The van der Waals surface area contributed by atoms with Crippen LogP contribution in [0.3, 0.4) is 0 Å². The van der Waals surface area contributed by atoms with Gasteiger partial charge in [-0.05, 0) is 9.63 Å². The number of non-ortho nitro benzene ring substituents is 1. The Labute approximate surface area is 165 Å². The highest BCUT2D eigenvalue weighted by Crippen LogP contribution is 2.22. The SMILES string of the molecule is O=[N+]([O-])c1cccc(C(O)N[n+]2ccc(-c3ccccc3)s2)c1.[O-][Cl+3]([O-])([O-])[O-]. The largest absolute Gasteiger partial charge is 0.365 e. The van der Waals surface area contributed by atoms with Gasteiger partial charge in [-0.2, -0.15) is 0 Å². The van der Waals surface area contributed by atoms with Gasteiger partial charge in [-0.3, -0.25) is 10.1 Å². The molecule has 148 valence electrons. The number of nitrogens with zero attached hydrogens (tertiary/aromatic N) is 2. The summed E-state index contributed by atoms with van der Waals surface area (Å²) in [6, 6.07) is 17.8. The van der Waals surface area contributed by atoms with E-state index in [0.717, 1.165) is 10.4 Å². The minimum atomic E-state index is -4.94. The number of aliphatic hydroxyl groups excluding tert-OH is 1. The Hall–Kier alpha value is -2.64. The molecule has 0 bridgehead atoms. The number of nitro benzene ring substituents is 1. The molecule has 0 spiro atoms. The van der Waals surface area contributed by atoms with E-state index in [1.807, 2.05) is 36.4 Å². The van der Waals surface area contributed by atoms with Crippen LogP contribution in [0, 0.1) is 20.4 Å². The number of aromatic nitrogens is 1. The smallest absolute Gasteiger partial charge is 0.269 e. The first-order chi connectivity index (χ1) is 13.1. The van der Waals surface area contributed by atoms with Gasteiger partial charge in [-0.25, -0.2) is 18.6 Å². The van der Waals surface area contributed by atoms with Gasteiger partial charge >= 0.3 is 0 Å². The monoisotopic (exact) mass is 427 g/mol. The van der Waals surface area contributed by atoms with Crippen molar-refractivity contribution >= 4 is 17.2 Å². The average molecular weight is 428 g/mol. The third kappa shape index (κ3) is 7.17. The summed E-state index contributed by atoms with van der Waals surface area (Å²) < 4.78 is 35.6. The van der Waals surface area contributed by atoms with Crippen molar-refractivity contribution in [3.63, 3.8) is 0 Å². The molecule has 12 heteroatoms. The van der Waals surface area contributed by atoms with Crippen molar-refractivity contribution in [3.8, 4) is 10.4 Å². The fraction of sp³-hybridized carbons (Fsp3) is 0.0625. The zero-order valence-corrected chi connectivity index (χ0v) is 15.6. The summed E-state index contributed by atoms with van der Waals surface area (Å²) in [5.74, 6) is 0. The summed E-state index contributed by atoms with van der Waals surface area (Å²) in [6.45, 7) is 0. The van der Waals surface area contributed by atoms with Gasteiger partial charge < -0.3 is 5.11 Å². The number of hydrogen-bond acceptors (Lipinski definition) is 9. The van der Waals surface area contributed by atoms with Gasteiger partial charge in [0.25, 0.3) is 5.69 Å². The first kappa shape index (κ1) is 21.7. The summed E-state index contributed by atoms with van der Waals surface area (Å²) in [6.07, 6.45) is 0.760. The third-order valence-corrected chi connectivity index (χ3v) is 4.25. The fourth-order valence-corrected chi connectivity index (χ4v) is 2.98. The van der Waals surface area contributed by atoms with Gasteiger partial charge in [0.05, 0.1) is 4.92 Å². The van der Waals surface area contributed by atoms with Crippen LogP contribution in [0.4, 0.5) is 5.69 Å². The molecule has 0 radical (unpaired) electrons. The van der Waals surface area contributed by atoms with Gasteiger partial charge in [-0.15, -0.1) is 15.7 Å². The molecule has 3 rings (SSSR count). The van der Waals surface area contributed by atoms with Gasteiger partial charge in [0.15, 0.2) is 11.5 Å². The van der Waals surface area contributed by atoms with Crippen molar-refractivity contribution < 1.29 is 43.0 Å². The predicted octanol–water partition coefficient (Wildman–Crippen LogP) is -1.91. The van der Waals surface area contributed by atoms with Crippen molar-refractivity contribution in [1.29, 1.82) is 0 Å². The first-order valence-corrected chi connectivity index (χ1v) is 9.52. The number of nitro groups is 1. The van der Waals surface area contributed by atoms with Crippen LogP contribution in [-0.4, -0.2) is 10.0 Å². The number of benzene rings is 2. The maximum absolute atomic E-state index is 10.8. The molecule has 2 aromatic carbocycles. The molecule has 1 aromatic heterocycles. The normalized spacial score (nSPS) is 11.9. The minimum absolute atomic E-state index is 0.0514. The first-order valence-electron chi connectivity index (χ1n) is 7.51. The molecule has 10 nitrogen and oxygen atoms in total. The van der Waals surface area contributed by atoms with Crippen molar-refractivity contribution in [2.24, 2.45) is 0 Å². The average Bonchev–Trinajstić information content (AvgIpc) is 3.09. The van der Waals surface area contributed by atoms with E-state index < -0.39 is 21.4 Å². The van der Waals surface area contributed by atoms with Crippen LogP contribution in [0.15, 0.2) is 66.9 Å². The number of hydrogen-bond donors (Lipinski definition) is 2. The van der Waals surface area contributed by atoms with Crippen molar-refractivity contribution in [1.82, 2.24) is 0 Å². The van der Waals surface area contributed by atoms with E-state index in [1.54, 1.807) is 22.4 Å². The van der Waals surface area contributed by atoms with Gasteiger partial charge in [0.1, 0.15) is 4.88 Å². The lowest BCUT2D eigenvalue weighted by Crippen LogP contribution is -2.68. The number of aliphatic hydroxyl groups is 1. The van der Waals surface area contributed by atoms with Gasteiger partial charge in [0, 0.05) is 23.8 Å². The summed E-state index contributed by atoms with van der Waals surface area (Å²) in [5.41, 5.74) is 4.35. The van der Waals surface area contributed by atoms with Crippen LogP contribution in [0.25, 0.3) is 10.4 Å². The second-order valence-corrected chi connectivity index (χ2v) is 7.00. The van der Waals surface area contributed by atoms with Crippen LogP contribution in [0.5, 0.6) is 0 Å². The molecule has 0 aliphatic rings. The van der Waals surface area contributed by atoms with E-state index in [0.29, 0.717) is 5.56 Å². The highest BCUT2D eigenvalue weighted by Gasteiger charge is 2.17. The highest BCUT2D eigenvalue weighted by atomic mass is 35.7.